The topological polar surface area (TPSA) is 50.0 Å². The number of amides is 1. The minimum Gasteiger partial charge on any atom is -0.306 e. The van der Waals surface area contributed by atoms with Crippen LogP contribution in [-0.4, -0.2) is 29.4 Å². The third-order valence-electron chi connectivity index (χ3n) is 5.49. The van der Waals surface area contributed by atoms with Crippen LogP contribution in [0.1, 0.15) is 38.3 Å². The summed E-state index contributed by atoms with van der Waals surface area (Å²) in [6.45, 7) is 7.10. The molecule has 2 aromatic carbocycles. The number of carbonyl (C=O) groups is 1. The van der Waals surface area contributed by atoms with E-state index < -0.39 is 11.7 Å². The number of carbonyl (C=O) groups excluding carboxylic acids is 1. The van der Waals surface area contributed by atoms with Gasteiger partial charge in [0.05, 0.1) is 16.9 Å². The largest absolute Gasteiger partial charge is 0.416 e. The highest BCUT2D eigenvalue weighted by Crippen LogP contribution is 2.33. The van der Waals surface area contributed by atoms with E-state index in [1.807, 2.05) is 31.2 Å². The van der Waals surface area contributed by atoms with Crippen molar-refractivity contribution in [3.63, 3.8) is 0 Å². The number of hydrogen-bond acceptors (Lipinski definition) is 4. The van der Waals surface area contributed by atoms with Crippen molar-refractivity contribution >= 4 is 28.6 Å². The van der Waals surface area contributed by atoms with E-state index in [9.17, 15) is 18.0 Å². The maximum absolute atomic E-state index is 13.4. The highest BCUT2D eigenvalue weighted by molar-refractivity contribution is 7.07. The standard InChI is InChI=1S/C25H25F3N4OS/c1-4-29-24-32(21(15-34-24)17-8-7-9-18(14-17)25(26,27)28)30-22-19-10-5-6-11-20(19)31(23(22)33)13-12-16(2)3/h5-11,14-16H,4,12-13H2,1-3H3. The van der Waals surface area contributed by atoms with E-state index in [1.54, 1.807) is 16.3 Å². The van der Waals surface area contributed by atoms with Gasteiger partial charge in [-0.3, -0.25) is 9.79 Å². The predicted octanol–water partition coefficient (Wildman–Crippen LogP) is 5.80. The number of para-hydroxylation sites is 1. The van der Waals surface area contributed by atoms with Crippen molar-refractivity contribution in [3.8, 4) is 11.3 Å². The molecule has 0 saturated carbocycles. The van der Waals surface area contributed by atoms with Gasteiger partial charge >= 0.3 is 6.18 Å². The fourth-order valence-electron chi connectivity index (χ4n) is 3.76. The Bertz CT molecular complexity index is 1300. The van der Waals surface area contributed by atoms with Gasteiger partial charge in [-0.2, -0.15) is 18.3 Å². The average Bonchev–Trinajstić information content (AvgIpc) is 3.31. The van der Waals surface area contributed by atoms with Crippen molar-refractivity contribution in [1.82, 2.24) is 4.68 Å². The van der Waals surface area contributed by atoms with Gasteiger partial charge in [-0.05, 0) is 37.5 Å². The van der Waals surface area contributed by atoms with Crippen LogP contribution in [0.2, 0.25) is 0 Å². The zero-order valence-corrected chi connectivity index (χ0v) is 20.0. The Labute approximate surface area is 199 Å². The molecular weight excluding hydrogens is 461 g/mol. The number of fused-ring (bicyclic) bond motifs is 1. The SMILES string of the molecule is CCN=c1scc(-c2cccc(C(F)(F)F)c2)n1N=C1C(=O)N(CCC(C)C)c2ccccc21. The minimum atomic E-state index is -4.46. The Morgan fingerprint density at radius 1 is 1.09 bits per heavy atom. The van der Waals surface area contributed by atoms with Crippen molar-refractivity contribution in [2.75, 3.05) is 18.0 Å². The second-order valence-electron chi connectivity index (χ2n) is 8.37. The highest BCUT2D eigenvalue weighted by atomic mass is 32.1. The summed E-state index contributed by atoms with van der Waals surface area (Å²) in [6.07, 6.45) is -3.62. The van der Waals surface area contributed by atoms with Gasteiger partial charge in [-0.15, -0.1) is 11.3 Å². The van der Waals surface area contributed by atoms with Crippen LogP contribution >= 0.6 is 11.3 Å². The van der Waals surface area contributed by atoms with E-state index in [1.165, 1.54) is 22.1 Å². The lowest BCUT2D eigenvalue weighted by Crippen LogP contribution is -2.32. The zero-order chi connectivity index (χ0) is 24.5. The maximum atomic E-state index is 13.4. The molecule has 2 heterocycles. The summed E-state index contributed by atoms with van der Waals surface area (Å²) in [5.74, 6) is 0.202. The molecule has 0 fully saturated rings. The van der Waals surface area contributed by atoms with Crippen LogP contribution in [0.5, 0.6) is 0 Å². The first-order valence-corrected chi connectivity index (χ1v) is 12.0. The number of rotatable bonds is 6. The summed E-state index contributed by atoms with van der Waals surface area (Å²) in [5.41, 5.74) is 1.80. The molecule has 34 heavy (non-hydrogen) atoms. The van der Waals surface area contributed by atoms with E-state index in [0.717, 1.165) is 24.2 Å². The Morgan fingerprint density at radius 2 is 1.85 bits per heavy atom. The first kappa shape index (κ1) is 23.9. The summed E-state index contributed by atoms with van der Waals surface area (Å²) >= 11 is 1.27. The lowest BCUT2D eigenvalue weighted by molar-refractivity contribution is -0.137. The van der Waals surface area contributed by atoms with Gasteiger partial charge in [0.15, 0.2) is 5.71 Å². The monoisotopic (exact) mass is 486 g/mol. The van der Waals surface area contributed by atoms with E-state index >= 15 is 0 Å². The van der Waals surface area contributed by atoms with Crippen molar-refractivity contribution in [1.29, 1.82) is 0 Å². The number of thiazole rings is 1. The molecule has 0 bridgehead atoms. The van der Waals surface area contributed by atoms with Crippen LogP contribution in [0.4, 0.5) is 18.9 Å². The van der Waals surface area contributed by atoms with Crippen molar-refractivity contribution in [2.45, 2.75) is 33.4 Å². The summed E-state index contributed by atoms with van der Waals surface area (Å²) in [7, 11) is 0. The van der Waals surface area contributed by atoms with Gasteiger partial charge < -0.3 is 4.90 Å². The molecule has 5 nitrogen and oxygen atoms in total. The molecule has 0 aliphatic carbocycles. The number of anilines is 1. The summed E-state index contributed by atoms with van der Waals surface area (Å²) < 4.78 is 41.5. The smallest absolute Gasteiger partial charge is 0.306 e. The predicted molar refractivity (Wildman–Crippen MR) is 129 cm³/mol. The number of alkyl halides is 3. The molecule has 1 aliphatic rings. The molecule has 4 rings (SSSR count). The summed E-state index contributed by atoms with van der Waals surface area (Å²) in [4.78, 5) is 20.1. The molecule has 9 heteroatoms. The fourth-order valence-corrected chi connectivity index (χ4v) is 4.66. The molecule has 0 atom stereocenters. The summed E-state index contributed by atoms with van der Waals surface area (Å²) in [6, 6.07) is 12.5. The highest BCUT2D eigenvalue weighted by Gasteiger charge is 2.34. The van der Waals surface area contributed by atoms with E-state index in [0.29, 0.717) is 40.6 Å². The van der Waals surface area contributed by atoms with Gasteiger partial charge in [0.2, 0.25) is 4.80 Å². The quantitative estimate of drug-likeness (QED) is 0.434. The van der Waals surface area contributed by atoms with Crippen LogP contribution < -0.4 is 9.70 Å². The van der Waals surface area contributed by atoms with Gasteiger partial charge in [0.25, 0.3) is 5.91 Å². The third-order valence-corrected chi connectivity index (χ3v) is 6.35. The lowest BCUT2D eigenvalue weighted by atomic mass is 10.1. The molecule has 178 valence electrons. The number of nitrogens with zero attached hydrogens (tertiary/aromatic N) is 4. The summed E-state index contributed by atoms with van der Waals surface area (Å²) in [5, 5.41) is 6.40. The Hall–Kier alpha value is -3.20. The Balaban J connectivity index is 1.86. The van der Waals surface area contributed by atoms with E-state index in [2.05, 4.69) is 23.9 Å². The van der Waals surface area contributed by atoms with Crippen LogP contribution in [0.3, 0.4) is 0 Å². The number of hydrogen-bond donors (Lipinski definition) is 0. The van der Waals surface area contributed by atoms with Crippen LogP contribution in [-0.2, 0) is 11.0 Å². The molecule has 0 radical (unpaired) electrons. The average molecular weight is 487 g/mol. The third kappa shape index (κ3) is 4.70. The lowest BCUT2D eigenvalue weighted by Gasteiger charge is -2.17. The zero-order valence-electron chi connectivity index (χ0n) is 19.1. The number of halogens is 3. The molecule has 0 saturated heterocycles. The number of benzene rings is 2. The first-order chi connectivity index (χ1) is 16.2. The van der Waals surface area contributed by atoms with Gasteiger partial charge in [-0.1, -0.05) is 44.2 Å². The van der Waals surface area contributed by atoms with Crippen molar-refractivity contribution < 1.29 is 18.0 Å². The normalized spacial score (nSPS) is 15.6. The van der Waals surface area contributed by atoms with Gasteiger partial charge in [0, 0.05) is 29.6 Å². The number of aromatic nitrogens is 1. The second-order valence-corrected chi connectivity index (χ2v) is 9.21. The molecule has 1 aliphatic heterocycles. The Kier molecular flexibility index (Phi) is 6.74. The molecule has 1 aromatic heterocycles. The van der Waals surface area contributed by atoms with E-state index in [-0.39, 0.29) is 11.6 Å². The molecule has 0 unspecified atom stereocenters. The van der Waals surface area contributed by atoms with Crippen LogP contribution in [0.25, 0.3) is 11.3 Å². The minimum absolute atomic E-state index is 0.224. The van der Waals surface area contributed by atoms with Crippen LogP contribution in [0.15, 0.2) is 64.0 Å². The molecule has 3 aromatic rings. The van der Waals surface area contributed by atoms with E-state index in [4.69, 9.17) is 0 Å². The maximum Gasteiger partial charge on any atom is 0.416 e. The van der Waals surface area contributed by atoms with Crippen LogP contribution in [0, 0.1) is 5.92 Å². The molecule has 0 N–H and O–H groups in total. The van der Waals surface area contributed by atoms with Gasteiger partial charge in [-0.25, -0.2) is 4.68 Å². The van der Waals surface area contributed by atoms with Gasteiger partial charge in [0.1, 0.15) is 0 Å². The van der Waals surface area contributed by atoms with Crippen molar-refractivity contribution in [2.24, 2.45) is 16.0 Å². The fraction of sp³-hybridized carbons (Fsp3) is 0.320. The first-order valence-electron chi connectivity index (χ1n) is 11.1. The molecule has 0 spiro atoms. The molecular formula is C25H25F3N4OS. The molecule has 1 amide bonds. The van der Waals surface area contributed by atoms with Crippen molar-refractivity contribution in [3.05, 3.63) is 69.8 Å². The Morgan fingerprint density at radius 3 is 2.56 bits per heavy atom. The second kappa shape index (κ2) is 9.58.